The quantitative estimate of drug-likeness (QED) is 0.745. The molecular formula is C14H18N2O. The Morgan fingerprint density at radius 3 is 2.47 bits per heavy atom. The van der Waals surface area contributed by atoms with E-state index in [1.54, 1.807) is 7.05 Å². The van der Waals surface area contributed by atoms with Gasteiger partial charge in [0.15, 0.2) is 0 Å². The highest BCUT2D eigenvalue weighted by atomic mass is 16.2. The predicted molar refractivity (Wildman–Crippen MR) is 67.3 cm³/mol. The number of amides is 1. The topological polar surface area (TPSA) is 44.1 Å². The van der Waals surface area contributed by atoms with Gasteiger partial charge in [0, 0.05) is 13.5 Å². The highest BCUT2D eigenvalue weighted by Gasteiger charge is 2.25. The van der Waals surface area contributed by atoms with Gasteiger partial charge in [-0.15, -0.1) is 0 Å². The van der Waals surface area contributed by atoms with Crippen molar-refractivity contribution < 1.29 is 4.79 Å². The Bertz CT molecular complexity index is 418. The summed E-state index contributed by atoms with van der Waals surface area (Å²) < 4.78 is 0. The highest BCUT2D eigenvalue weighted by Crippen LogP contribution is 2.27. The maximum Gasteiger partial charge on any atom is 0.224 e. The normalized spacial score (nSPS) is 10.7. The van der Waals surface area contributed by atoms with Crippen molar-refractivity contribution in [1.82, 2.24) is 4.90 Å². The van der Waals surface area contributed by atoms with Crippen LogP contribution in [0.5, 0.6) is 0 Å². The van der Waals surface area contributed by atoms with Crippen molar-refractivity contribution in [3.05, 3.63) is 35.9 Å². The summed E-state index contributed by atoms with van der Waals surface area (Å²) in [7, 11) is 1.66. The lowest BCUT2D eigenvalue weighted by Crippen LogP contribution is -2.33. The molecule has 0 bridgehead atoms. The molecule has 3 nitrogen and oxygen atoms in total. The van der Waals surface area contributed by atoms with E-state index in [4.69, 9.17) is 5.26 Å². The first kappa shape index (κ1) is 13.2. The van der Waals surface area contributed by atoms with Crippen molar-refractivity contribution in [2.45, 2.75) is 25.7 Å². The fraction of sp³-hybridized carbons (Fsp3) is 0.429. The fourth-order valence-corrected chi connectivity index (χ4v) is 1.70. The van der Waals surface area contributed by atoms with Crippen LogP contribution < -0.4 is 0 Å². The molecule has 0 atom stereocenters. The maximum absolute atomic E-state index is 11.9. The van der Waals surface area contributed by atoms with Crippen molar-refractivity contribution in [3.8, 4) is 6.07 Å². The van der Waals surface area contributed by atoms with Crippen molar-refractivity contribution >= 4 is 5.91 Å². The first-order valence-electron chi connectivity index (χ1n) is 5.64. The minimum Gasteiger partial charge on any atom is -0.332 e. The Balaban J connectivity index is 2.74. The lowest BCUT2D eigenvalue weighted by atomic mass is 9.81. The fourth-order valence-electron chi connectivity index (χ4n) is 1.70. The molecule has 1 amide bonds. The maximum atomic E-state index is 11.9. The number of nitrogens with zero attached hydrogens (tertiary/aromatic N) is 2. The van der Waals surface area contributed by atoms with Crippen LogP contribution in [0.2, 0.25) is 0 Å². The molecule has 0 fully saturated rings. The van der Waals surface area contributed by atoms with E-state index >= 15 is 0 Å². The van der Waals surface area contributed by atoms with Crippen molar-refractivity contribution in [3.63, 3.8) is 0 Å². The lowest BCUT2D eigenvalue weighted by molar-refractivity contribution is -0.130. The molecule has 0 aromatic heterocycles. The molecule has 0 aliphatic carbocycles. The van der Waals surface area contributed by atoms with Crippen molar-refractivity contribution in [2.75, 3.05) is 13.6 Å². The number of hydrogen-bond donors (Lipinski definition) is 0. The molecule has 0 radical (unpaired) electrons. The number of nitriles is 1. The van der Waals surface area contributed by atoms with E-state index in [-0.39, 0.29) is 17.9 Å². The Morgan fingerprint density at radius 1 is 1.35 bits per heavy atom. The summed E-state index contributed by atoms with van der Waals surface area (Å²) >= 11 is 0. The minimum atomic E-state index is -0.206. The number of benzene rings is 1. The molecule has 0 unspecified atom stereocenters. The molecule has 3 heteroatoms. The van der Waals surface area contributed by atoms with Crippen LogP contribution in [-0.2, 0) is 10.2 Å². The molecule has 0 aliphatic heterocycles. The zero-order chi connectivity index (χ0) is 12.9. The molecular weight excluding hydrogens is 212 g/mol. The van der Waals surface area contributed by atoms with Gasteiger partial charge < -0.3 is 4.90 Å². The standard InChI is InChI=1S/C14H18N2O/c1-14(2,12-7-5-4-6-8-12)11-13(17)16(3)10-9-15/h4-8H,10-11H2,1-3H3. The third-order valence-corrected chi connectivity index (χ3v) is 2.88. The number of hydrogen-bond acceptors (Lipinski definition) is 2. The number of rotatable bonds is 4. The third kappa shape index (κ3) is 3.60. The molecule has 1 rings (SSSR count). The Kier molecular flexibility index (Phi) is 4.28. The van der Waals surface area contributed by atoms with E-state index in [9.17, 15) is 4.79 Å². The second-order valence-corrected chi connectivity index (χ2v) is 4.83. The molecule has 1 aromatic rings. The summed E-state index contributed by atoms with van der Waals surface area (Å²) in [5.41, 5.74) is 0.931. The second kappa shape index (κ2) is 5.49. The first-order chi connectivity index (χ1) is 7.97. The van der Waals surface area contributed by atoms with Crippen LogP contribution in [0.4, 0.5) is 0 Å². The third-order valence-electron chi connectivity index (χ3n) is 2.88. The van der Waals surface area contributed by atoms with Crippen LogP contribution >= 0.6 is 0 Å². The van der Waals surface area contributed by atoms with Crippen LogP contribution in [0.25, 0.3) is 0 Å². The SMILES string of the molecule is CN(CC#N)C(=O)CC(C)(C)c1ccccc1. The van der Waals surface area contributed by atoms with Gasteiger partial charge in [0.25, 0.3) is 0 Å². The first-order valence-corrected chi connectivity index (χ1v) is 5.64. The summed E-state index contributed by atoms with van der Waals surface area (Å²) in [6.45, 7) is 4.23. The van der Waals surface area contributed by atoms with E-state index in [0.717, 1.165) is 5.56 Å². The number of carbonyl (C=O) groups is 1. The van der Waals surface area contributed by atoms with Gasteiger partial charge >= 0.3 is 0 Å². The van der Waals surface area contributed by atoms with E-state index in [1.165, 1.54) is 4.90 Å². The molecule has 0 saturated carbocycles. The Labute approximate surface area is 103 Å². The van der Waals surface area contributed by atoms with E-state index in [1.807, 2.05) is 50.2 Å². The van der Waals surface area contributed by atoms with E-state index < -0.39 is 0 Å². The average molecular weight is 230 g/mol. The van der Waals surface area contributed by atoms with Gasteiger partial charge in [-0.25, -0.2) is 0 Å². The molecule has 0 N–H and O–H groups in total. The predicted octanol–water partition coefficient (Wildman–Crippen LogP) is 2.34. The van der Waals surface area contributed by atoms with Gasteiger partial charge in [-0.3, -0.25) is 4.79 Å². The van der Waals surface area contributed by atoms with Crippen LogP contribution in [0, 0.1) is 11.3 Å². The van der Waals surface area contributed by atoms with Crippen LogP contribution in [0.15, 0.2) is 30.3 Å². The Hall–Kier alpha value is -1.82. The summed E-state index contributed by atoms with van der Waals surface area (Å²) in [5.74, 6) is 0.000373. The summed E-state index contributed by atoms with van der Waals surface area (Å²) in [4.78, 5) is 13.4. The van der Waals surface area contributed by atoms with E-state index in [0.29, 0.717) is 6.42 Å². The van der Waals surface area contributed by atoms with Crippen LogP contribution in [-0.4, -0.2) is 24.4 Å². The van der Waals surface area contributed by atoms with Gasteiger partial charge in [-0.1, -0.05) is 44.2 Å². The van der Waals surface area contributed by atoms with Gasteiger partial charge in [0.2, 0.25) is 5.91 Å². The smallest absolute Gasteiger partial charge is 0.224 e. The van der Waals surface area contributed by atoms with Gasteiger partial charge in [0.05, 0.1) is 6.07 Å². The summed E-state index contributed by atoms with van der Waals surface area (Å²) in [6.07, 6.45) is 0.412. The monoisotopic (exact) mass is 230 g/mol. The lowest BCUT2D eigenvalue weighted by Gasteiger charge is -2.26. The molecule has 0 spiro atoms. The molecule has 0 aliphatic rings. The summed E-state index contributed by atoms with van der Waals surface area (Å²) in [6, 6.07) is 11.9. The van der Waals surface area contributed by atoms with E-state index in [2.05, 4.69) is 0 Å². The minimum absolute atomic E-state index is 0.000373. The molecule has 90 valence electrons. The van der Waals surface area contributed by atoms with Gasteiger partial charge in [0.1, 0.15) is 6.54 Å². The molecule has 17 heavy (non-hydrogen) atoms. The molecule has 0 heterocycles. The highest BCUT2D eigenvalue weighted by molar-refractivity contribution is 5.77. The van der Waals surface area contributed by atoms with Crippen LogP contribution in [0.1, 0.15) is 25.8 Å². The average Bonchev–Trinajstić information content (AvgIpc) is 2.30. The van der Waals surface area contributed by atoms with Crippen molar-refractivity contribution in [1.29, 1.82) is 5.26 Å². The van der Waals surface area contributed by atoms with Crippen molar-refractivity contribution in [2.24, 2.45) is 0 Å². The number of carbonyl (C=O) groups excluding carboxylic acids is 1. The Morgan fingerprint density at radius 2 is 1.94 bits per heavy atom. The van der Waals surface area contributed by atoms with Gasteiger partial charge in [-0.05, 0) is 11.0 Å². The van der Waals surface area contributed by atoms with Gasteiger partial charge in [-0.2, -0.15) is 5.26 Å². The molecule has 1 aromatic carbocycles. The zero-order valence-corrected chi connectivity index (χ0v) is 10.6. The second-order valence-electron chi connectivity index (χ2n) is 4.83. The largest absolute Gasteiger partial charge is 0.332 e. The zero-order valence-electron chi connectivity index (χ0n) is 10.6. The summed E-state index contributed by atoms with van der Waals surface area (Å²) in [5, 5.41) is 8.56. The van der Waals surface area contributed by atoms with Crippen LogP contribution in [0.3, 0.4) is 0 Å². The molecule has 0 saturated heterocycles.